The Labute approximate surface area is 90.5 Å². The molecular formula is C12H9S2+. The van der Waals surface area contributed by atoms with E-state index in [1.165, 1.54) is 25.0 Å². The number of fused-ring (bicyclic) bond motifs is 3. The van der Waals surface area contributed by atoms with E-state index >= 15 is 0 Å². The Morgan fingerprint density at radius 3 is 2.86 bits per heavy atom. The molecule has 2 heterocycles. The van der Waals surface area contributed by atoms with E-state index in [1.807, 2.05) is 22.7 Å². The Balaban J connectivity index is 2.57. The van der Waals surface area contributed by atoms with Gasteiger partial charge in [-0.05, 0) is 6.07 Å². The Morgan fingerprint density at radius 1 is 1.07 bits per heavy atom. The molecule has 0 saturated heterocycles. The Bertz CT molecular complexity index is 608. The van der Waals surface area contributed by atoms with Crippen LogP contribution in [0.25, 0.3) is 20.2 Å². The van der Waals surface area contributed by atoms with Crippen molar-refractivity contribution in [3.63, 3.8) is 0 Å². The van der Waals surface area contributed by atoms with Crippen LogP contribution in [0.2, 0.25) is 0 Å². The van der Waals surface area contributed by atoms with Gasteiger partial charge in [-0.15, -0.1) is 11.3 Å². The molecule has 0 saturated carbocycles. The first-order valence-electron chi connectivity index (χ1n) is 4.54. The Morgan fingerprint density at radius 2 is 1.93 bits per heavy atom. The average molecular weight is 217 g/mol. The largest absolute Gasteiger partial charge is 0.215 e. The maximum absolute atomic E-state index is 2.28. The number of aryl methyl sites for hydroxylation is 1. The molecule has 1 aromatic carbocycles. The van der Waals surface area contributed by atoms with Gasteiger partial charge in [-0.3, -0.25) is 0 Å². The predicted octanol–water partition coefficient (Wildman–Crippen LogP) is 4.71. The average Bonchev–Trinajstić information content (AvgIpc) is 2.54. The second-order valence-corrected chi connectivity index (χ2v) is 5.57. The summed E-state index contributed by atoms with van der Waals surface area (Å²) in [6, 6.07) is 10.9. The molecule has 2 heteroatoms. The standard InChI is InChI=1S/C12H9S2/c1-8-6-12-10(7-13-8)9-4-2-3-5-11(9)14-12/h2-7H,1H3/q+1. The summed E-state index contributed by atoms with van der Waals surface area (Å²) in [4.78, 5) is 1.38. The van der Waals surface area contributed by atoms with E-state index < -0.39 is 0 Å². The molecule has 0 spiro atoms. The highest BCUT2D eigenvalue weighted by molar-refractivity contribution is 7.26. The molecule has 0 radical (unpaired) electrons. The molecule has 0 N–H and O–H groups in total. The first-order valence-corrected chi connectivity index (χ1v) is 6.24. The summed E-state index contributed by atoms with van der Waals surface area (Å²) in [5, 5.41) is 5.06. The van der Waals surface area contributed by atoms with Crippen LogP contribution in [0.1, 0.15) is 4.88 Å². The molecule has 14 heavy (non-hydrogen) atoms. The highest BCUT2D eigenvalue weighted by Gasteiger charge is 2.09. The topological polar surface area (TPSA) is 0 Å². The number of thiophene rings is 1. The fourth-order valence-corrected chi connectivity index (χ4v) is 3.76. The number of hydrogen-bond acceptors (Lipinski definition) is 1. The maximum atomic E-state index is 2.28. The normalized spacial score (nSPS) is 11.2. The van der Waals surface area contributed by atoms with Crippen molar-refractivity contribution in [1.29, 1.82) is 0 Å². The van der Waals surface area contributed by atoms with Gasteiger partial charge in [0.15, 0.2) is 0 Å². The minimum Gasteiger partial charge on any atom is -0.135 e. The van der Waals surface area contributed by atoms with Gasteiger partial charge in [0, 0.05) is 27.8 Å². The van der Waals surface area contributed by atoms with E-state index in [2.05, 4.69) is 42.6 Å². The van der Waals surface area contributed by atoms with Crippen molar-refractivity contribution in [2.24, 2.45) is 0 Å². The molecule has 0 aliphatic heterocycles. The Kier molecular flexibility index (Phi) is 1.79. The second-order valence-electron chi connectivity index (χ2n) is 3.37. The summed E-state index contributed by atoms with van der Waals surface area (Å²) in [6.07, 6.45) is 0. The fourth-order valence-electron chi connectivity index (χ4n) is 1.68. The summed E-state index contributed by atoms with van der Waals surface area (Å²) < 4.78 is 2.79. The smallest absolute Gasteiger partial charge is 0.135 e. The highest BCUT2D eigenvalue weighted by atomic mass is 32.1. The van der Waals surface area contributed by atoms with E-state index in [9.17, 15) is 0 Å². The van der Waals surface area contributed by atoms with Crippen molar-refractivity contribution >= 4 is 42.8 Å². The van der Waals surface area contributed by atoms with Crippen molar-refractivity contribution < 1.29 is 0 Å². The molecule has 68 valence electrons. The van der Waals surface area contributed by atoms with Crippen molar-refractivity contribution in [2.75, 3.05) is 0 Å². The first-order chi connectivity index (χ1) is 6.84. The lowest BCUT2D eigenvalue weighted by Crippen LogP contribution is -1.65. The van der Waals surface area contributed by atoms with Gasteiger partial charge in [-0.2, -0.15) is 0 Å². The summed E-state index contributed by atoms with van der Waals surface area (Å²) in [6.45, 7) is 2.16. The van der Waals surface area contributed by atoms with E-state index in [4.69, 9.17) is 0 Å². The van der Waals surface area contributed by atoms with Crippen molar-refractivity contribution in [3.8, 4) is 0 Å². The molecule has 0 unspecified atom stereocenters. The van der Waals surface area contributed by atoms with Crippen LogP contribution in [0.15, 0.2) is 35.7 Å². The van der Waals surface area contributed by atoms with Gasteiger partial charge >= 0.3 is 0 Å². The summed E-state index contributed by atoms with van der Waals surface area (Å²) in [5.41, 5.74) is 0. The highest BCUT2D eigenvalue weighted by Crippen LogP contribution is 2.35. The lowest BCUT2D eigenvalue weighted by molar-refractivity contribution is 1.65. The van der Waals surface area contributed by atoms with Crippen LogP contribution in [-0.4, -0.2) is 0 Å². The zero-order valence-corrected chi connectivity index (χ0v) is 9.41. The lowest BCUT2D eigenvalue weighted by Gasteiger charge is -1.85. The molecule has 0 amide bonds. The third-order valence-electron chi connectivity index (χ3n) is 2.36. The Hall–Kier alpha value is -0.990. The quantitative estimate of drug-likeness (QED) is 0.478. The molecule has 3 aromatic rings. The van der Waals surface area contributed by atoms with E-state index in [0.29, 0.717) is 0 Å². The van der Waals surface area contributed by atoms with Crippen molar-refractivity contribution in [2.45, 2.75) is 6.92 Å². The molecule has 0 nitrogen and oxygen atoms in total. The van der Waals surface area contributed by atoms with E-state index in [0.717, 1.165) is 0 Å². The number of benzene rings is 1. The van der Waals surface area contributed by atoms with Gasteiger partial charge < -0.3 is 0 Å². The zero-order valence-electron chi connectivity index (χ0n) is 7.78. The van der Waals surface area contributed by atoms with Crippen LogP contribution >= 0.6 is 22.7 Å². The lowest BCUT2D eigenvalue weighted by atomic mass is 10.2. The molecule has 0 fully saturated rings. The van der Waals surface area contributed by atoms with E-state index in [1.54, 1.807) is 0 Å². The second kappa shape index (κ2) is 3.01. The minimum atomic E-state index is 1.38. The number of rotatable bonds is 0. The van der Waals surface area contributed by atoms with Crippen LogP contribution in [0, 0.1) is 6.92 Å². The molecule has 3 rings (SSSR count). The summed E-state index contributed by atoms with van der Waals surface area (Å²) in [7, 11) is 0. The van der Waals surface area contributed by atoms with Gasteiger partial charge in [0.05, 0.1) is 5.39 Å². The van der Waals surface area contributed by atoms with Crippen molar-refractivity contribution in [1.82, 2.24) is 0 Å². The zero-order chi connectivity index (χ0) is 9.54. The number of hydrogen-bond donors (Lipinski definition) is 0. The molecule has 0 aliphatic carbocycles. The van der Waals surface area contributed by atoms with Crippen molar-refractivity contribution in [3.05, 3.63) is 40.6 Å². The van der Waals surface area contributed by atoms with Crippen LogP contribution in [-0.2, 0) is 0 Å². The SMILES string of the molecule is Cc1cc2sc3ccccc3c2c[s+]1. The van der Waals surface area contributed by atoms with Crippen LogP contribution in [0.3, 0.4) is 0 Å². The predicted molar refractivity (Wildman–Crippen MR) is 66.4 cm³/mol. The minimum absolute atomic E-state index is 1.38. The molecule has 2 aromatic heterocycles. The maximum Gasteiger partial charge on any atom is 0.215 e. The molecule has 0 atom stereocenters. The van der Waals surface area contributed by atoms with Gasteiger partial charge in [-0.25, -0.2) is 0 Å². The van der Waals surface area contributed by atoms with Gasteiger partial charge in [-0.1, -0.05) is 18.2 Å². The van der Waals surface area contributed by atoms with E-state index in [-0.39, 0.29) is 0 Å². The molecule has 0 bridgehead atoms. The monoisotopic (exact) mass is 217 g/mol. The third-order valence-corrected chi connectivity index (χ3v) is 4.34. The molecule has 0 aliphatic rings. The van der Waals surface area contributed by atoms with Crippen LogP contribution < -0.4 is 0 Å². The molecular weight excluding hydrogens is 208 g/mol. The van der Waals surface area contributed by atoms with Gasteiger partial charge in [0.2, 0.25) is 21.6 Å². The fraction of sp³-hybridized carbons (Fsp3) is 0.0833. The third kappa shape index (κ3) is 1.15. The summed E-state index contributed by atoms with van der Waals surface area (Å²) in [5.74, 6) is 0. The summed E-state index contributed by atoms with van der Waals surface area (Å²) >= 11 is 3.71. The van der Waals surface area contributed by atoms with Gasteiger partial charge in [0.1, 0.15) is 0 Å². The van der Waals surface area contributed by atoms with Crippen LogP contribution in [0.4, 0.5) is 0 Å². The van der Waals surface area contributed by atoms with Gasteiger partial charge in [0.25, 0.3) is 0 Å². The first kappa shape index (κ1) is 8.33. The van der Waals surface area contributed by atoms with Crippen LogP contribution in [0.5, 0.6) is 0 Å².